The third-order valence-electron chi connectivity index (χ3n) is 2.45. The van der Waals surface area contributed by atoms with Gasteiger partial charge in [0.15, 0.2) is 11.9 Å². The van der Waals surface area contributed by atoms with E-state index in [4.69, 9.17) is 4.74 Å². The van der Waals surface area contributed by atoms with Gasteiger partial charge in [-0.05, 0) is 31.0 Å². The average Bonchev–Trinajstić information content (AvgIpc) is 2.29. The number of rotatable bonds is 5. The first-order chi connectivity index (χ1) is 7.17. The van der Waals surface area contributed by atoms with Crippen molar-refractivity contribution in [2.75, 3.05) is 0 Å². The Hall–Kier alpha value is -1.31. The molecule has 15 heavy (non-hydrogen) atoms. The van der Waals surface area contributed by atoms with Gasteiger partial charge in [0.25, 0.3) is 0 Å². The number of benzene rings is 1. The SMILES string of the molecule is CCC(=O)C(C)Oc1ccc(CC)cc1. The Morgan fingerprint density at radius 3 is 2.33 bits per heavy atom. The normalized spacial score (nSPS) is 12.2. The predicted octanol–water partition coefficient (Wildman–Crippen LogP) is 3.00. The standard InChI is InChI=1S/C13H18O2/c1-4-11-6-8-12(9-7-11)15-10(3)13(14)5-2/h6-10H,4-5H2,1-3H3. The molecule has 0 radical (unpaired) electrons. The number of Topliss-reactive ketones (excluding diaryl/α,β-unsaturated/α-hetero) is 1. The van der Waals surface area contributed by atoms with Gasteiger partial charge in [0, 0.05) is 6.42 Å². The highest BCUT2D eigenvalue weighted by molar-refractivity contribution is 5.82. The van der Waals surface area contributed by atoms with Gasteiger partial charge in [0.1, 0.15) is 5.75 Å². The summed E-state index contributed by atoms with van der Waals surface area (Å²) >= 11 is 0. The predicted molar refractivity (Wildman–Crippen MR) is 61.2 cm³/mol. The zero-order valence-electron chi connectivity index (χ0n) is 9.62. The van der Waals surface area contributed by atoms with Crippen LogP contribution in [0.4, 0.5) is 0 Å². The van der Waals surface area contributed by atoms with Gasteiger partial charge in [-0.15, -0.1) is 0 Å². The molecule has 1 atom stereocenters. The monoisotopic (exact) mass is 206 g/mol. The van der Waals surface area contributed by atoms with Crippen molar-refractivity contribution in [3.8, 4) is 5.75 Å². The summed E-state index contributed by atoms with van der Waals surface area (Å²) in [6.07, 6.45) is 1.19. The fourth-order valence-corrected chi connectivity index (χ4v) is 1.36. The van der Waals surface area contributed by atoms with E-state index in [0.29, 0.717) is 6.42 Å². The van der Waals surface area contributed by atoms with Crippen LogP contribution in [0, 0.1) is 0 Å². The number of ether oxygens (including phenoxy) is 1. The van der Waals surface area contributed by atoms with Gasteiger partial charge in [-0.2, -0.15) is 0 Å². The molecule has 82 valence electrons. The van der Waals surface area contributed by atoms with E-state index < -0.39 is 0 Å². The molecule has 0 amide bonds. The lowest BCUT2D eigenvalue weighted by molar-refractivity contribution is -0.124. The molecule has 0 aromatic heterocycles. The molecule has 0 bridgehead atoms. The van der Waals surface area contributed by atoms with E-state index in [1.165, 1.54) is 5.56 Å². The molecule has 1 rings (SSSR count). The second-order valence-electron chi connectivity index (χ2n) is 3.58. The third-order valence-corrected chi connectivity index (χ3v) is 2.45. The second kappa shape index (κ2) is 5.54. The summed E-state index contributed by atoms with van der Waals surface area (Å²) in [4.78, 5) is 11.3. The highest BCUT2D eigenvalue weighted by Gasteiger charge is 2.11. The summed E-state index contributed by atoms with van der Waals surface area (Å²) in [6, 6.07) is 7.88. The minimum Gasteiger partial charge on any atom is -0.483 e. The van der Waals surface area contributed by atoms with E-state index in [-0.39, 0.29) is 11.9 Å². The molecule has 0 heterocycles. The second-order valence-corrected chi connectivity index (χ2v) is 3.58. The van der Waals surface area contributed by atoms with Crippen molar-refractivity contribution in [2.45, 2.75) is 39.7 Å². The quantitative estimate of drug-likeness (QED) is 0.740. The molecule has 0 aliphatic heterocycles. The van der Waals surface area contributed by atoms with Gasteiger partial charge in [0.2, 0.25) is 0 Å². The third kappa shape index (κ3) is 3.39. The zero-order chi connectivity index (χ0) is 11.3. The van der Waals surface area contributed by atoms with Crippen LogP contribution in [0.2, 0.25) is 0 Å². The molecular weight excluding hydrogens is 188 g/mol. The van der Waals surface area contributed by atoms with Crippen LogP contribution in [0.3, 0.4) is 0 Å². The number of ketones is 1. The van der Waals surface area contributed by atoms with E-state index >= 15 is 0 Å². The molecular formula is C13H18O2. The summed E-state index contributed by atoms with van der Waals surface area (Å²) < 4.78 is 5.52. The topological polar surface area (TPSA) is 26.3 Å². The number of hydrogen-bond acceptors (Lipinski definition) is 2. The summed E-state index contributed by atoms with van der Waals surface area (Å²) in [5.74, 6) is 0.899. The van der Waals surface area contributed by atoms with Gasteiger partial charge in [-0.3, -0.25) is 4.79 Å². The largest absolute Gasteiger partial charge is 0.483 e. The van der Waals surface area contributed by atoms with E-state index in [0.717, 1.165) is 12.2 Å². The number of carbonyl (C=O) groups excluding carboxylic acids is 1. The van der Waals surface area contributed by atoms with Crippen LogP contribution >= 0.6 is 0 Å². The maximum Gasteiger partial charge on any atom is 0.172 e. The first-order valence-corrected chi connectivity index (χ1v) is 5.45. The average molecular weight is 206 g/mol. The summed E-state index contributed by atoms with van der Waals surface area (Å²) in [7, 11) is 0. The van der Waals surface area contributed by atoms with Crippen LogP contribution < -0.4 is 4.74 Å². The van der Waals surface area contributed by atoms with Crippen LogP contribution in [-0.4, -0.2) is 11.9 Å². The van der Waals surface area contributed by atoms with E-state index in [2.05, 4.69) is 6.92 Å². The maximum absolute atomic E-state index is 11.3. The zero-order valence-corrected chi connectivity index (χ0v) is 9.62. The molecule has 1 aromatic carbocycles. The summed E-state index contributed by atoms with van der Waals surface area (Å²) in [5, 5.41) is 0. The van der Waals surface area contributed by atoms with Crippen molar-refractivity contribution < 1.29 is 9.53 Å². The number of carbonyl (C=O) groups is 1. The molecule has 1 unspecified atom stereocenters. The fraction of sp³-hybridized carbons (Fsp3) is 0.462. The Morgan fingerprint density at radius 2 is 1.87 bits per heavy atom. The lowest BCUT2D eigenvalue weighted by atomic mass is 10.1. The fourth-order valence-electron chi connectivity index (χ4n) is 1.36. The minimum atomic E-state index is -0.345. The Kier molecular flexibility index (Phi) is 4.35. The van der Waals surface area contributed by atoms with Gasteiger partial charge >= 0.3 is 0 Å². The Morgan fingerprint density at radius 1 is 1.27 bits per heavy atom. The smallest absolute Gasteiger partial charge is 0.172 e. The number of aryl methyl sites for hydroxylation is 1. The lowest BCUT2D eigenvalue weighted by Gasteiger charge is -2.12. The van der Waals surface area contributed by atoms with Gasteiger partial charge in [-0.1, -0.05) is 26.0 Å². The van der Waals surface area contributed by atoms with Crippen molar-refractivity contribution >= 4 is 5.78 Å². The molecule has 1 aromatic rings. The molecule has 0 saturated carbocycles. The highest BCUT2D eigenvalue weighted by Crippen LogP contribution is 2.14. The van der Waals surface area contributed by atoms with E-state index in [1.807, 2.05) is 31.2 Å². The molecule has 2 nitrogen and oxygen atoms in total. The summed E-state index contributed by atoms with van der Waals surface area (Å²) in [6.45, 7) is 5.75. The van der Waals surface area contributed by atoms with E-state index in [1.54, 1.807) is 6.92 Å². The highest BCUT2D eigenvalue weighted by atomic mass is 16.5. The Balaban J connectivity index is 2.60. The van der Waals surface area contributed by atoms with Gasteiger partial charge in [0.05, 0.1) is 0 Å². The van der Waals surface area contributed by atoms with Crippen molar-refractivity contribution in [3.63, 3.8) is 0 Å². The van der Waals surface area contributed by atoms with Crippen molar-refractivity contribution in [1.82, 2.24) is 0 Å². The first-order valence-electron chi connectivity index (χ1n) is 5.45. The summed E-state index contributed by atoms with van der Waals surface area (Å²) in [5.41, 5.74) is 1.27. The lowest BCUT2D eigenvalue weighted by Crippen LogP contribution is -2.22. The van der Waals surface area contributed by atoms with Crippen LogP contribution in [0.15, 0.2) is 24.3 Å². The van der Waals surface area contributed by atoms with Crippen molar-refractivity contribution in [1.29, 1.82) is 0 Å². The van der Waals surface area contributed by atoms with Gasteiger partial charge in [-0.25, -0.2) is 0 Å². The Bertz CT molecular complexity index is 314. The minimum absolute atomic E-state index is 0.134. The van der Waals surface area contributed by atoms with Crippen LogP contribution in [0.5, 0.6) is 5.75 Å². The first kappa shape index (κ1) is 11.8. The molecule has 0 fully saturated rings. The molecule has 2 heteroatoms. The van der Waals surface area contributed by atoms with Gasteiger partial charge < -0.3 is 4.74 Å². The van der Waals surface area contributed by atoms with Crippen molar-refractivity contribution in [3.05, 3.63) is 29.8 Å². The van der Waals surface area contributed by atoms with Crippen LogP contribution in [0.1, 0.15) is 32.8 Å². The molecule has 0 N–H and O–H groups in total. The number of hydrogen-bond donors (Lipinski definition) is 0. The van der Waals surface area contributed by atoms with Crippen molar-refractivity contribution in [2.24, 2.45) is 0 Å². The molecule has 0 aliphatic carbocycles. The molecule has 0 spiro atoms. The molecule has 0 aliphatic rings. The van der Waals surface area contributed by atoms with Crippen LogP contribution in [0.25, 0.3) is 0 Å². The molecule has 0 saturated heterocycles. The Labute approximate surface area is 91.3 Å². The maximum atomic E-state index is 11.3. The van der Waals surface area contributed by atoms with E-state index in [9.17, 15) is 4.79 Å². The van der Waals surface area contributed by atoms with Crippen LogP contribution in [-0.2, 0) is 11.2 Å².